The van der Waals surface area contributed by atoms with Crippen LogP contribution in [0.4, 0.5) is 0 Å². The fourth-order valence-electron chi connectivity index (χ4n) is 2.44. The second kappa shape index (κ2) is 5.80. The predicted octanol–water partition coefficient (Wildman–Crippen LogP) is 2.38. The molecule has 19 heavy (non-hydrogen) atoms. The van der Waals surface area contributed by atoms with Crippen molar-refractivity contribution < 1.29 is 14.6 Å². The Morgan fingerprint density at radius 3 is 2.79 bits per heavy atom. The van der Waals surface area contributed by atoms with Gasteiger partial charge < -0.3 is 15.2 Å². The van der Waals surface area contributed by atoms with Crippen LogP contribution in [0, 0.1) is 0 Å². The number of hydrogen-bond acceptors (Lipinski definition) is 3. The van der Waals surface area contributed by atoms with Crippen LogP contribution in [0.25, 0.3) is 0 Å². The van der Waals surface area contributed by atoms with E-state index in [4.69, 9.17) is 16.3 Å². The number of methoxy groups -OCH3 is 1. The molecule has 4 nitrogen and oxygen atoms in total. The van der Waals surface area contributed by atoms with Crippen molar-refractivity contribution in [2.45, 2.75) is 31.3 Å². The molecule has 1 amide bonds. The fourth-order valence-corrected chi connectivity index (χ4v) is 2.69. The summed E-state index contributed by atoms with van der Waals surface area (Å²) in [5, 5.41) is 13.3. The average molecular weight is 284 g/mol. The first-order valence-electron chi connectivity index (χ1n) is 6.39. The Morgan fingerprint density at radius 1 is 1.47 bits per heavy atom. The molecule has 0 radical (unpaired) electrons. The smallest absolute Gasteiger partial charge is 0.256 e. The van der Waals surface area contributed by atoms with Crippen LogP contribution in [0.3, 0.4) is 0 Å². The highest BCUT2D eigenvalue weighted by Crippen LogP contribution is 2.29. The van der Waals surface area contributed by atoms with Crippen LogP contribution in [-0.4, -0.2) is 30.3 Å². The van der Waals surface area contributed by atoms with E-state index in [1.54, 1.807) is 18.2 Å². The molecule has 0 aromatic heterocycles. The molecular formula is C14H18ClNO3. The van der Waals surface area contributed by atoms with Crippen molar-refractivity contribution in [3.63, 3.8) is 0 Å². The molecule has 0 aliphatic heterocycles. The monoisotopic (exact) mass is 283 g/mol. The third-order valence-corrected chi connectivity index (χ3v) is 3.85. The number of nitrogens with one attached hydrogen (secondary N) is 1. The van der Waals surface area contributed by atoms with Gasteiger partial charge in [0.2, 0.25) is 0 Å². The number of hydrogen-bond donors (Lipinski definition) is 2. The highest BCUT2D eigenvalue weighted by molar-refractivity contribution is 6.34. The Labute approximate surface area is 117 Å². The van der Waals surface area contributed by atoms with Gasteiger partial charge in [-0.25, -0.2) is 0 Å². The van der Waals surface area contributed by atoms with Crippen LogP contribution in [-0.2, 0) is 0 Å². The molecule has 1 aliphatic carbocycles. The Hall–Kier alpha value is -1.26. The van der Waals surface area contributed by atoms with E-state index in [-0.39, 0.29) is 12.5 Å². The quantitative estimate of drug-likeness (QED) is 0.892. The van der Waals surface area contributed by atoms with E-state index in [1.165, 1.54) is 7.11 Å². The maximum Gasteiger partial charge on any atom is 0.256 e. The van der Waals surface area contributed by atoms with Crippen LogP contribution in [0.5, 0.6) is 5.75 Å². The Bertz CT molecular complexity index is 470. The number of aliphatic hydroxyl groups is 1. The first-order valence-corrected chi connectivity index (χ1v) is 6.77. The maximum atomic E-state index is 12.2. The molecule has 104 valence electrons. The van der Waals surface area contributed by atoms with Crippen molar-refractivity contribution in [3.05, 3.63) is 28.8 Å². The minimum Gasteiger partial charge on any atom is -0.496 e. The van der Waals surface area contributed by atoms with E-state index in [2.05, 4.69) is 5.32 Å². The number of rotatable bonds is 4. The molecule has 1 saturated carbocycles. The minimum absolute atomic E-state index is 0.250. The molecule has 0 bridgehead atoms. The summed E-state index contributed by atoms with van der Waals surface area (Å²) in [6.07, 6.45) is 3.46. The molecule has 0 spiro atoms. The second-order valence-electron chi connectivity index (χ2n) is 4.93. The standard InChI is InChI=1S/C14H18ClNO3/c1-19-11-6-4-5-10(15)12(11)13(17)16-9-14(18)7-2-3-8-14/h4-6,18H,2-3,7-9H2,1H3,(H,16,17). The summed E-state index contributed by atoms with van der Waals surface area (Å²) < 4.78 is 5.14. The normalized spacial score (nSPS) is 17.2. The molecule has 0 saturated heterocycles. The van der Waals surface area contributed by atoms with Gasteiger partial charge in [-0.15, -0.1) is 0 Å². The van der Waals surface area contributed by atoms with Gasteiger partial charge in [0, 0.05) is 6.54 Å². The third kappa shape index (κ3) is 3.19. The van der Waals surface area contributed by atoms with Gasteiger partial charge in [-0.3, -0.25) is 4.79 Å². The second-order valence-corrected chi connectivity index (χ2v) is 5.34. The lowest BCUT2D eigenvalue weighted by Gasteiger charge is -2.22. The first kappa shape index (κ1) is 14.2. The number of carbonyl (C=O) groups is 1. The van der Waals surface area contributed by atoms with Crippen molar-refractivity contribution in [2.75, 3.05) is 13.7 Å². The fraction of sp³-hybridized carbons (Fsp3) is 0.500. The minimum atomic E-state index is -0.774. The van der Waals surface area contributed by atoms with Crippen molar-refractivity contribution in [3.8, 4) is 5.75 Å². The molecule has 1 aromatic rings. The van der Waals surface area contributed by atoms with Crippen molar-refractivity contribution in [2.24, 2.45) is 0 Å². The first-order chi connectivity index (χ1) is 9.06. The third-order valence-electron chi connectivity index (χ3n) is 3.53. The summed E-state index contributed by atoms with van der Waals surface area (Å²) in [6.45, 7) is 0.250. The highest BCUT2D eigenvalue weighted by Gasteiger charge is 2.31. The number of amides is 1. The van der Waals surface area contributed by atoms with Gasteiger partial charge >= 0.3 is 0 Å². The Morgan fingerprint density at radius 2 is 2.16 bits per heavy atom. The zero-order chi connectivity index (χ0) is 13.9. The summed E-state index contributed by atoms with van der Waals surface area (Å²) >= 11 is 6.03. The lowest BCUT2D eigenvalue weighted by Crippen LogP contribution is -2.40. The molecule has 1 aliphatic rings. The van der Waals surface area contributed by atoms with Crippen LogP contribution in [0.2, 0.25) is 5.02 Å². The van der Waals surface area contributed by atoms with E-state index in [0.717, 1.165) is 25.7 Å². The Balaban J connectivity index is 2.08. The predicted molar refractivity (Wildman–Crippen MR) is 73.8 cm³/mol. The molecule has 0 atom stereocenters. The summed E-state index contributed by atoms with van der Waals surface area (Å²) in [7, 11) is 1.49. The van der Waals surface area contributed by atoms with Gasteiger partial charge in [0.25, 0.3) is 5.91 Å². The highest BCUT2D eigenvalue weighted by atomic mass is 35.5. The van der Waals surface area contributed by atoms with E-state index in [9.17, 15) is 9.90 Å². The van der Waals surface area contributed by atoms with Gasteiger partial charge in [-0.1, -0.05) is 30.5 Å². The summed E-state index contributed by atoms with van der Waals surface area (Å²) in [5.41, 5.74) is -0.460. The number of benzene rings is 1. The largest absolute Gasteiger partial charge is 0.496 e. The molecule has 1 aromatic carbocycles. The SMILES string of the molecule is COc1cccc(Cl)c1C(=O)NCC1(O)CCCC1. The van der Waals surface area contributed by atoms with Crippen LogP contribution < -0.4 is 10.1 Å². The van der Waals surface area contributed by atoms with Gasteiger partial charge in [-0.05, 0) is 25.0 Å². The zero-order valence-electron chi connectivity index (χ0n) is 10.9. The molecule has 5 heteroatoms. The number of carbonyl (C=O) groups excluding carboxylic acids is 1. The lowest BCUT2D eigenvalue weighted by atomic mass is 10.0. The van der Waals surface area contributed by atoms with Crippen LogP contribution in [0.15, 0.2) is 18.2 Å². The molecule has 2 rings (SSSR count). The molecule has 1 fully saturated rings. The molecule has 0 heterocycles. The van der Waals surface area contributed by atoms with E-state index >= 15 is 0 Å². The number of ether oxygens (including phenoxy) is 1. The maximum absolute atomic E-state index is 12.2. The molecule has 2 N–H and O–H groups in total. The van der Waals surface area contributed by atoms with Gasteiger partial charge in [-0.2, -0.15) is 0 Å². The van der Waals surface area contributed by atoms with E-state index in [0.29, 0.717) is 16.3 Å². The number of halogens is 1. The van der Waals surface area contributed by atoms with E-state index in [1.807, 2.05) is 0 Å². The topological polar surface area (TPSA) is 58.6 Å². The van der Waals surface area contributed by atoms with Gasteiger partial charge in [0.1, 0.15) is 5.75 Å². The van der Waals surface area contributed by atoms with E-state index < -0.39 is 5.60 Å². The lowest BCUT2D eigenvalue weighted by molar-refractivity contribution is 0.0449. The van der Waals surface area contributed by atoms with Gasteiger partial charge in [0.15, 0.2) is 0 Å². The average Bonchev–Trinajstić information content (AvgIpc) is 2.83. The summed E-state index contributed by atoms with van der Waals surface area (Å²) in [6, 6.07) is 5.05. The van der Waals surface area contributed by atoms with Crippen LogP contribution in [0.1, 0.15) is 36.0 Å². The Kier molecular flexibility index (Phi) is 4.32. The summed E-state index contributed by atoms with van der Waals surface area (Å²) in [5.74, 6) is 0.117. The van der Waals surface area contributed by atoms with Crippen molar-refractivity contribution >= 4 is 17.5 Å². The van der Waals surface area contributed by atoms with Crippen molar-refractivity contribution in [1.29, 1.82) is 0 Å². The van der Waals surface area contributed by atoms with Gasteiger partial charge in [0.05, 0.1) is 23.3 Å². The van der Waals surface area contributed by atoms with Crippen LogP contribution >= 0.6 is 11.6 Å². The molecule has 0 unspecified atom stereocenters. The zero-order valence-corrected chi connectivity index (χ0v) is 11.7. The summed E-state index contributed by atoms with van der Waals surface area (Å²) in [4.78, 5) is 12.2. The van der Waals surface area contributed by atoms with Crippen molar-refractivity contribution in [1.82, 2.24) is 5.32 Å². The molecular weight excluding hydrogens is 266 g/mol.